The van der Waals surface area contributed by atoms with E-state index in [2.05, 4.69) is 4.98 Å². The number of ether oxygens (including phenoxy) is 1. The molecular weight excluding hydrogens is 312 g/mol. The van der Waals surface area contributed by atoms with Crippen molar-refractivity contribution in [3.63, 3.8) is 0 Å². The monoisotopic (exact) mass is 332 g/mol. The maximum atomic E-state index is 12.7. The van der Waals surface area contributed by atoms with Gasteiger partial charge in [-0.25, -0.2) is 8.42 Å². The fourth-order valence-electron chi connectivity index (χ4n) is 2.83. The van der Waals surface area contributed by atoms with Crippen LogP contribution in [0, 0.1) is 5.41 Å². The van der Waals surface area contributed by atoms with E-state index in [1.165, 1.54) is 22.8 Å². The van der Waals surface area contributed by atoms with Crippen LogP contribution in [0.3, 0.4) is 0 Å². The molecule has 2 rings (SSSR count). The molecule has 2 atom stereocenters. The lowest BCUT2D eigenvalue weighted by atomic mass is 9.64. The number of hydrogen-bond acceptors (Lipinski definition) is 4. The highest BCUT2D eigenvalue weighted by Gasteiger charge is 2.53. The van der Waals surface area contributed by atoms with Crippen molar-refractivity contribution >= 4 is 21.6 Å². The van der Waals surface area contributed by atoms with Gasteiger partial charge in [0.05, 0.1) is 11.1 Å². The SMILES string of the molecule is CCO[C@H]1C[C@H](N(C)S(=O)(=O)c2cncc(Cl)c2)C1(C)C. The quantitative estimate of drug-likeness (QED) is 0.831. The molecule has 5 nitrogen and oxygen atoms in total. The molecule has 118 valence electrons. The third-order valence-electron chi connectivity index (χ3n) is 4.29. The molecule has 0 bridgehead atoms. The molecule has 0 spiro atoms. The van der Waals surface area contributed by atoms with E-state index in [1.807, 2.05) is 20.8 Å². The Morgan fingerprint density at radius 3 is 2.67 bits per heavy atom. The zero-order chi connectivity index (χ0) is 15.8. The molecule has 0 amide bonds. The van der Waals surface area contributed by atoms with Crippen LogP contribution in [0.25, 0.3) is 0 Å². The van der Waals surface area contributed by atoms with Crippen LogP contribution < -0.4 is 0 Å². The van der Waals surface area contributed by atoms with Crippen LogP contribution >= 0.6 is 11.6 Å². The first kappa shape index (κ1) is 16.7. The summed E-state index contributed by atoms with van der Waals surface area (Å²) in [5, 5.41) is 0.310. The molecule has 1 aromatic rings. The number of hydrogen-bond donors (Lipinski definition) is 0. The lowest BCUT2D eigenvalue weighted by molar-refractivity contribution is -0.129. The summed E-state index contributed by atoms with van der Waals surface area (Å²) in [6, 6.07) is 1.32. The molecule has 1 saturated carbocycles. The summed E-state index contributed by atoms with van der Waals surface area (Å²) in [4.78, 5) is 3.97. The van der Waals surface area contributed by atoms with Crippen molar-refractivity contribution < 1.29 is 13.2 Å². The largest absolute Gasteiger partial charge is 0.378 e. The van der Waals surface area contributed by atoms with Gasteiger partial charge in [0.25, 0.3) is 0 Å². The second-order valence-corrected chi connectivity index (χ2v) is 8.31. The molecule has 0 aromatic carbocycles. The Bertz CT molecular complexity index is 618. The number of pyridine rings is 1. The third kappa shape index (κ3) is 2.95. The van der Waals surface area contributed by atoms with Gasteiger partial charge in [0, 0.05) is 37.5 Å². The maximum absolute atomic E-state index is 12.7. The highest BCUT2D eigenvalue weighted by Crippen LogP contribution is 2.46. The van der Waals surface area contributed by atoms with Gasteiger partial charge in [-0.1, -0.05) is 25.4 Å². The lowest BCUT2D eigenvalue weighted by Crippen LogP contribution is -2.62. The van der Waals surface area contributed by atoms with Gasteiger partial charge >= 0.3 is 0 Å². The Morgan fingerprint density at radius 1 is 1.48 bits per heavy atom. The molecular formula is C14H21ClN2O3S. The fraction of sp³-hybridized carbons (Fsp3) is 0.643. The van der Waals surface area contributed by atoms with Crippen LogP contribution in [0.2, 0.25) is 5.02 Å². The van der Waals surface area contributed by atoms with Gasteiger partial charge in [0.1, 0.15) is 4.90 Å². The fourth-order valence-corrected chi connectivity index (χ4v) is 4.57. The van der Waals surface area contributed by atoms with E-state index in [-0.39, 0.29) is 22.5 Å². The molecule has 1 aliphatic rings. The van der Waals surface area contributed by atoms with E-state index < -0.39 is 10.0 Å². The van der Waals surface area contributed by atoms with Crippen molar-refractivity contribution in [2.24, 2.45) is 5.41 Å². The van der Waals surface area contributed by atoms with Crippen molar-refractivity contribution in [1.29, 1.82) is 0 Å². The van der Waals surface area contributed by atoms with Gasteiger partial charge in [-0.05, 0) is 19.4 Å². The van der Waals surface area contributed by atoms with E-state index in [4.69, 9.17) is 16.3 Å². The summed E-state index contributed by atoms with van der Waals surface area (Å²) in [5.74, 6) is 0. The van der Waals surface area contributed by atoms with Crippen molar-refractivity contribution in [3.8, 4) is 0 Å². The van der Waals surface area contributed by atoms with E-state index in [9.17, 15) is 8.42 Å². The molecule has 1 aromatic heterocycles. The standard InChI is InChI=1S/C14H21ClN2O3S/c1-5-20-13-7-12(14(13,2)3)17(4)21(18,19)11-6-10(15)8-16-9-11/h6,8-9,12-13H,5,7H2,1-4H3/t12-,13-/m0/s1. The molecule has 0 aliphatic heterocycles. The zero-order valence-corrected chi connectivity index (χ0v) is 14.3. The van der Waals surface area contributed by atoms with Crippen molar-refractivity contribution in [2.75, 3.05) is 13.7 Å². The van der Waals surface area contributed by atoms with Gasteiger partial charge in [-0.2, -0.15) is 4.31 Å². The number of aromatic nitrogens is 1. The first-order valence-electron chi connectivity index (χ1n) is 6.91. The summed E-state index contributed by atoms with van der Waals surface area (Å²) < 4.78 is 32.4. The van der Waals surface area contributed by atoms with Crippen LogP contribution in [-0.2, 0) is 14.8 Å². The first-order valence-corrected chi connectivity index (χ1v) is 8.73. The van der Waals surface area contributed by atoms with E-state index in [0.29, 0.717) is 18.1 Å². The predicted molar refractivity (Wildman–Crippen MR) is 81.8 cm³/mol. The van der Waals surface area contributed by atoms with Crippen LogP contribution in [0.1, 0.15) is 27.2 Å². The average molecular weight is 333 g/mol. The molecule has 1 aliphatic carbocycles. The summed E-state index contributed by atoms with van der Waals surface area (Å²) in [5.41, 5.74) is -0.218. The summed E-state index contributed by atoms with van der Waals surface area (Å²) in [6.07, 6.45) is 3.52. The van der Waals surface area contributed by atoms with Gasteiger partial charge in [0.15, 0.2) is 0 Å². The highest BCUT2D eigenvalue weighted by molar-refractivity contribution is 7.89. The number of sulfonamides is 1. The molecule has 7 heteroatoms. The van der Waals surface area contributed by atoms with Crippen LogP contribution in [0.4, 0.5) is 0 Å². The molecule has 0 saturated heterocycles. The summed E-state index contributed by atoms with van der Waals surface area (Å²) in [6.45, 7) is 6.64. The Labute approximate surface area is 131 Å². The van der Waals surface area contributed by atoms with E-state index >= 15 is 0 Å². The maximum Gasteiger partial charge on any atom is 0.244 e. The minimum Gasteiger partial charge on any atom is -0.378 e. The molecule has 0 N–H and O–H groups in total. The smallest absolute Gasteiger partial charge is 0.244 e. The van der Waals surface area contributed by atoms with Gasteiger partial charge in [-0.15, -0.1) is 0 Å². The van der Waals surface area contributed by atoms with Crippen LogP contribution in [0.5, 0.6) is 0 Å². The zero-order valence-electron chi connectivity index (χ0n) is 12.7. The average Bonchev–Trinajstić information content (AvgIpc) is 2.42. The minimum absolute atomic E-state index is 0.0858. The first-order chi connectivity index (χ1) is 9.71. The highest BCUT2D eigenvalue weighted by atomic mass is 35.5. The molecule has 1 heterocycles. The van der Waals surface area contributed by atoms with E-state index in [0.717, 1.165) is 0 Å². The second kappa shape index (κ2) is 5.83. The number of rotatable bonds is 5. The Morgan fingerprint density at radius 2 is 2.14 bits per heavy atom. The summed E-state index contributed by atoms with van der Waals surface area (Å²) in [7, 11) is -2.00. The Kier molecular flexibility index (Phi) is 4.63. The normalized spacial score (nSPS) is 24.9. The predicted octanol–water partition coefficient (Wildman–Crippen LogP) is 2.56. The van der Waals surface area contributed by atoms with Crippen LogP contribution in [0.15, 0.2) is 23.4 Å². The van der Waals surface area contributed by atoms with Gasteiger partial charge < -0.3 is 4.74 Å². The Hall–Kier alpha value is -0.690. The number of halogens is 1. The van der Waals surface area contributed by atoms with Gasteiger partial charge in [-0.3, -0.25) is 4.98 Å². The van der Waals surface area contributed by atoms with Crippen molar-refractivity contribution in [3.05, 3.63) is 23.5 Å². The lowest BCUT2D eigenvalue weighted by Gasteiger charge is -2.54. The summed E-state index contributed by atoms with van der Waals surface area (Å²) >= 11 is 5.84. The van der Waals surface area contributed by atoms with E-state index in [1.54, 1.807) is 7.05 Å². The minimum atomic E-state index is -3.60. The van der Waals surface area contributed by atoms with Crippen molar-refractivity contribution in [1.82, 2.24) is 9.29 Å². The van der Waals surface area contributed by atoms with Gasteiger partial charge in [0.2, 0.25) is 10.0 Å². The number of nitrogens with zero attached hydrogens (tertiary/aromatic N) is 2. The topological polar surface area (TPSA) is 59.5 Å². The van der Waals surface area contributed by atoms with Crippen LogP contribution in [-0.4, -0.2) is 43.5 Å². The molecule has 0 unspecified atom stereocenters. The molecule has 0 radical (unpaired) electrons. The Balaban J connectivity index is 2.23. The third-order valence-corrected chi connectivity index (χ3v) is 6.33. The second-order valence-electron chi connectivity index (χ2n) is 5.88. The molecule has 1 fully saturated rings. The van der Waals surface area contributed by atoms with Crippen molar-refractivity contribution in [2.45, 2.75) is 44.2 Å². The molecule has 21 heavy (non-hydrogen) atoms.